The summed E-state index contributed by atoms with van der Waals surface area (Å²) in [6.07, 6.45) is 1.38. The summed E-state index contributed by atoms with van der Waals surface area (Å²) >= 11 is 3.14. The van der Waals surface area contributed by atoms with Crippen LogP contribution in [-0.2, 0) is 6.54 Å². The molecule has 1 heterocycles. The van der Waals surface area contributed by atoms with Gasteiger partial charge in [0, 0.05) is 15.9 Å². The molecule has 0 bridgehead atoms. The van der Waals surface area contributed by atoms with Crippen molar-refractivity contribution < 1.29 is 4.85 Å². The molecule has 0 saturated heterocycles. The number of nitrogens with zero attached hydrogens (tertiary/aromatic N) is 3. The third-order valence-corrected chi connectivity index (χ3v) is 2.19. The fraction of sp³-hybridized carbons (Fsp3) is 0.111. The molecule has 14 heavy (non-hydrogen) atoms. The fourth-order valence-corrected chi connectivity index (χ4v) is 1.55. The Morgan fingerprint density at radius 2 is 2.07 bits per heavy atom. The predicted octanol–water partition coefficient (Wildman–Crippen LogP) is 1.33. The molecule has 0 amide bonds. The Labute approximate surface area is 89.5 Å². The largest absolute Gasteiger partial charge is 0.693 e. The van der Waals surface area contributed by atoms with Gasteiger partial charge in [-0.05, 0) is 10.4 Å². The van der Waals surface area contributed by atoms with Crippen LogP contribution in [-0.4, -0.2) is 9.90 Å². The zero-order valence-electron chi connectivity index (χ0n) is 7.30. The van der Waals surface area contributed by atoms with Crippen molar-refractivity contribution in [2.24, 2.45) is 0 Å². The first-order valence-electron chi connectivity index (χ1n) is 4.12. The van der Waals surface area contributed by atoms with Crippen LogP contribution in [0.15, 0.2) is 41.1 Å². The topological polar surface area (TPSA) is 44.8 Å². The van der Waals surface area contributed by atoms with Gasteiger partial charge in [-0.3, -0.25) is 0 Å². The molecule has 0 atom stereocenters. The standard InChI is InChI=1S/C9H8BrN3O/c10-9-7-13(14)12(11-9)6-8-4-2-1-3-5-8/h1-5,7H,6H2. The molecule has 0 aliphatic rings. The van der Waals surface area contributed by atoms with Crippen LogP contribution < -0.4 is 4.85 Å². The summed E-state index contributed by atoms with van der Waals surface area (Å²) in [6.45, 7) is 0.482. The molecule has 0 N–H and O–H groups in total. The lowest BCUT2D eigenvalue weighted by molar-refractivity contribution is -0.698. The van der Waals surface area contributed by atoms with E-state index in [0.717, 1.165) is 5.56 Å². The molecule has 2 rings (SSSR count). The Morgan fingerprint density at radius 3 is 2.64 bits per heavy atom. The van der Waals surface area contributed by atoms with Gasteiger partial charge in [-0.2, -0.15) is 4.85 Å². The van der Waals surface area contributed by atoms with Gasteiger partial charge in [0.05, 0.1) is 5.10 Å². The third-order valence-electron chi connectivity index (χ3n) is 1.82. The van der Waals surface area contributed by atoms with E-state index in [0.29, 0.717) is 16.0 Å². The quantitative estimate of drug-likeness (QED) is 0.599. The van der Waals surface area contributed by atoms with Crippen LogP contribution >= 0.6 is 15.9 Å². The van der Waals surface area contributed by atoms with Crippen LogP contribution in [0.4, 0.5) is 0 Å². The molecule has 1 aromatic heterocycles. The van der Waals surface area contributed by atoms with Crippen LogP contribution in [0.2, 0.25) is 0 Å². The van der Waals surface area contributed by atoms with Crippen LogP contribution in [0.25, 0.3) is 0 Å². The molecule has 72 valence electrons. The van der Waals surface area contributed by atoms with Gasteiger partial charge in [-0.25, -0.2) is 0 Å². The average Bonchev–Trinajstić information content (AvgIpc) is 2.47. The fourth-order valence-electron chi connectivity index (χ4n) is 1.19. The zero-order valence-corrected chi connectivity index (χ0v) is 8.89. The summed E-state index contributed by atoms with van der Waals surface area (Å²) in [6, 6.07) is 9.71. The Balaban J connectivity index is 2.23. The van der Waals surface area contributed by atoms with E-state index in [2.05, 4.69) is 21.0 Å². The van der Waals surface area contributed by atoms with Crippen molar-refractivity contribution in [3.05, 3.63) is 51.9 Å². The molecule has 5 heteroatoms. The van der Waals surface area contributed by atoms with E-state index >= 15 is 0 Å². The highest BCUT2D eigenvalue weighted by Crippen LogP contribution is 2.03. The van der Waals surface area contributed by atoms with Gasteiger partial charge >= 0.3 is 0 Å². The highest BCUT2D eigenvalue weighted by atomic mass is 79.9. The van der Waals surface area contributed by atoms with Gasteiger partial charge in [-0.1, -0.05) is 30.3 Å². The first kappa shape index (κ1) is 9.21. The number of hydrogen-bond donors (Lipinski definition) is 0. The molecule has 0 radical (unpaired) electrons. The van der Waals surface area contributed by atoms with E-state index in [9.17, 15) is 5.21 Å². The van der Waals surface area contributed by atoms with Crippen molar-refractivity contribution in [1.29, 1.82) is 0 Å². The lowest BCUT2D eigenvalue weighted by Crippen LogP contribution is -2.37. The maximum atomic E-state index is 11.2. The van der Waals surface area contributed by atoms with E-state index in [-0.39, 0.29) is 0 Å². The lowest BCUT2D eigenvalue weighted by atomic mass is 10.2. The number of rotatable bonds is 2. The van der Waals surface area contributed by atoms with Crippen molar-refractivity contribution in [2.45, 2.75) is 6.54 Å². The second-order valence-electron chi connectivity index (χ2n) is 2.87. The van der Waals surface area contributed by atoms with E-state index in [4.69, 9.17) is 0 Å². The van der Waals surface area contributed by atoms with Gasteiger partial charge in [0.15, 0.2) is 6.20 Å². The number of hydrogen-bond acceptors (Lipinski definition) is 2. The number of aromatic nitrogens is 3. The normalized spacial score (nSPS) is 10.4. The molecule has 0 fully saturated rings. The Morgan fingerprint density at radius 1 is 1.36 bits per heavy atom. The maximum absolute atomic E-state index is 11.2. The minimum Gasteiger partial charge on any atom is -0.693 e. The van der Waals surface area contributed by atoms with Crippen LogP contribution in [0, 0.1) is 5.21 Å². The van der Waals surface area contributed by atoms with Gasteiger partial charge in [0.25, 0.3) is 4.60 Å². The summed E-state index contributed by atoms with van der Waals surface area (Å²) in [5, 5.41) is 15.2. The molecule has 4 nitrogen and oxygen atoms in total. The summed E-state index contributed by atoms with van der Waals surface area (Å²) in [5.41, 5.74) is 1.05. The second kappa shape index (κ2) is 3.79. The molecule has 2 aromatic rings. The van der Waals surface area contributed by atoms with Crippen molar-refractivity contribution in [3.63, 3.8) is 0 Å². The number of halogens is 1. The minimum absolute atomic E-state index is 0.482. The van der Waals surface area contributed by atoms with Gasteiger partial charge in [-0.15, -0.1) is 0 Å². The molecule has 0 aliphatic carbocycles. The van der Waals surface area contributed by atoms with Crippen molar-refractivity contribution in [3.8, 4) is 0 Å². The zero-order chi connectivity index (χ0) is 9.97. The van der Waals surface area contributed by atoms with Crippen LogP contribution in [0.1, 0.15) is 5.56 Å². The smallest absolute Gasteiger partial charge is 0.284 e. The van der Waals surface area contributed by atoms with Crippen LogP contribution in [0.3, 0.4) is 0 Å². The summed E-state index contributed by atoms with van der Waals surface area (Å²) in [7, 11) is 0. The summed E-state index contributed by atoms with van der Waals surface area (Å²) < 4.78 is 0.545. The molecule has 0 aliphatic heterocycles. The van der Waals surface area contributed by atoms with Crippen molar-refractivity contribution in [1.82, 2.24) is 9.90 Å². The molecule has 0 saturated carbocycles. The number of benzene rings is 1. The monoisotopic (exact) mass is 253 g/mol. The van der Waals surface area contributed by atoms with E-state index in [1.807, 2.05) is 30.3 Å². The molecular formula is C9H8BrN3O. The van der Waals surface area contributed by atoms with Gasteiger partial charge in [0.1, 0.15) is 6.54 Å². The molecule has 1 aromatic carbocycles. The van der Waals surface area contributed by atoms with Gasteiger partial charge in [0.2, 0.25) is 0 Å². The van der Waals surface area contributed by atoms with Crippen LogP contribution in [0.5, 0.6) is 0 Å². The lowest BCUT2D eigenvalue weighted by Gasteiger charge is -2.02. The third kappa shape index (κ3) is 1.93. The second-order valence-corrected chi connectivity index (χ2v) is 3.68. The first-order chi connectivity index (χ1) is 6.75. The minimum atomic E-state index is 0.482. The highest BCUT2D eigenvalue weighted by molar-refractivity contribution is 9.10. The Kier molecular flexibility index (Phi) is 2.49. The van der Waals surface area contributed by atoms with Crippen molar-refractivity contribution >= 4 is 15.9 Å². The predicted molar refractivity (Wildman–Crippen MR) is 54.4 cm³/mol. The van der Waals surface area contributed by atoms with E-state index in [1.165, 1.54) is 11.0 Å². The van der Waals surface area contributed by atoms with E-state index < -0.39 is 0 Å². The highest BCUT2D eigenvalue weighted by Gasteiger charge is 2.08. The first-order valence-corrected chi connectivity index (χ1v) is 4.92. The van der Waals surface area contributed by atoms with Crippen molar-refractivity contribution in [2.75, 3.05) is 0 Å². The molecule has 0 unspecified atom stereocenters. The van der Waals surface area contributed by atoms with Gasteiger partial charge < -0.3 is 5.21 Å². The Bertz CT molecular complexity index is 427. The molecular weight excluding hydrogens is 246 g/mol. The summed E-state index contributed by atoms with van der Waals surface area (Å²) in [4.78, 5) is 2.05. The Hall–Kier alpha value is -1.36. The SMILES string of the molecule is [O-][n+]1cc(Br)nn1Cc1ccccc1. The summed E-state index contributed by atoms with van der Waals surface area (Å²) in [5.74, 6) is 0. The van der Waals surface area contributed by atoms with E-state index in [1.54, 1.807) is 0 Å². The molecule has 0 spiro atoms. The maximum Gasteiger partial charge on any atom is 0.284 e. The average molecular weight is 254 g/mol.